The molecule has 3 nitrogen and oxygen atoms in total. The summed E-state index contributed by atoms with van der Waals surface area (Å²) in [5.41, 5.74) is 2.17. The Morgan fingerprint density at radius 1 is 1.20 bits per heavy atom. The third-order valence-electron chi connectivity index (χ3n) is 3.86. The van der Waals surface area contributed by atoms with Gasteiger partial charge in [0.2, 0.25) is 5.91 Å². The number of hydrogen-bond acceptors (Lipinski definition) is 2. The van der Waals surface area contributed by atoms with Gasteiger partial charge in [-0.15, -0.1) is 0 Å². The number of carbonyl (C=O) groups excluding carboxylic acids is 1. The summed E-state index contributed by atoms with van der Waals surface area (Å²) in [6.45, 7) is 4.92. The van der Waals surface area contributed by atoms with Crippen molar-refractivity contribution in [2.45, 2.75) is 20.3 Å². The molecule has 0 radical (unpaired) electrons. The highest BCUT2D eigenvalue weighted by molar-refractivity contribution is 9.10. The Morgan fingerprint density at radius 2 is 1.92 bits per heavy atom. The molecule has 2 rings (SSSR count). The second-order valence-corrected chi connectivity index (χ2v) is 7.71. The van der Waals surface area contributed by atoms with Gasteiger partial charge in [-0.05, 0) is 53.3 Å². The zero-order valence-electron chi connectivity index (χ0n) is 14.9. The molecule has 0 bridgehead atoms. The van der Waals surface area contributed by atoms with E-state index in [2.05, 4.69) is 47.2 Å². The molecule has 132 valence electrons. The number of amides is 1. The number of rotatable bonds is 7. The lowest BCUT2D eigenvalue weighted by Crippen LogP contribution is -2.34. The fourth-order valence-corrected chi connectivity index (χ4v) is 2.78. The van der Waals surface area contributed by atoms with E-state index in [0.29, 0.717) is 6.54 Å². The van der Waals surface area contributed by atoms with Gasteiger partial charge in [0.05, 0.1) is 7.11 Å². The molecule has 0 heterocycles. The highest BCUT2D eigenvalue weighted by Crippen LogP contribution is 2.22. The van der Waals surface area contributed by atoms with Crippen molar-refractivity contribution >= 4 is 27.9 Å². The van der Waals surface area contributed by atoms with Gasteiger partial charge >= 0.3 is 0 Å². The normalized spacial score (nSPS) is 11.5. The van der Waals surface area contributed by atoms with Crippen LogP contribution in [-0.2, 0) is 11.2 Å². The minimum absolute atomic E-state index is 0.0205. The number of benzene rings is 2. The van der Waals surface area contributed by atoms with Crippen LogP contribution in [0.2, 0.25) is 0 Å². The van der Waals surface area contributed by atoms with Crippen LogP contribution in [0.1, 0.15) is 25.0 Å². The van der Waals surface area contributed by atoms with Crippen LogP contribution in [0, 0.1) is 5.41 Å². The summed E-state index contributed by atoms with van der Waals surface area (Å²) in [4.78, 5) is 12.1. The van der Waals surface area contributed by atoms with Crippen molar-refractivity contribution in [2.75, 3.05) is 13.7 Å². The van der Waals surface area contributed by atoms with E-state index in [4.69, 9.17) is 4.74 Å². The van der Waals surface area contributed by atoms with Crippen LogP contribution in [0.15, 0.2) is 59.1 Å². The lowest BCUT2D eigenvalue weighted by atomic mass is 9.85. The molecule has 1 N–H and O–H groups in total. The van der Waals surface area contributed by atoms with Crippen LogP contribution in [-0.4, -0.2) is 19.6 Å². The van der Waals surface area contributed by atoms with Gasteiger partial charge < -0.3 is 10.1 Å². The number of hydrogen-bond donors (Lipinski definition) is 1. The van der Waals surface area contributed by atoms with Crippen molar-refractivity contribution in [3.05, 3.63) is 70.2 Å². The molecule has 0 saturated carbocycles. The molecule has 0 spiro atoms. The molecule has 25 heavy (non-hydrogen) atoms. The van der Waals surface area contributed by atoms with E-state index in [1.165, 1.54) is 5.56 Å². The molecule has 1 amide bonds. The highest BCUT2D eigenvalue weighted by Gasteiger charge is 2.19. The van der Waals surface area contributed by atoms with Crippen molar-refractivity contribution < 1.29 is 9.53 Å². The van der Waals surface area contributed by atoms with E-state index in [9.17, 15) is 4.79 Å². The Kier molecular flexibility index (Phi) is 6.82. The lowest BCUT2D eigenvalue weighted by molar-refractivity contribution is -0.116. The molecule has 0 aromatic heterocycles. The Balaban J connectivity index is 1.87. The summed E-state index contributed by atoms with van der Waals surface area (Å²) in [6.07, 6.45) is 4.25. The molecular formula is C21H24BrNO2. The van der Waals surface area contributed by atoms with Gasteiger partial charge in [0, 0.05) is 17.1 Å². The summed E-state index contributed by atoms with van der Waals surface area (Å²) in [5, 5.41) is 2.99. The van der Waals surface area contributed by atoms with Gasteiger partial charge in [-0.1, -0.05) is 54.0 Å². The quantitative estimate of drug-likeness (QED) is 0.672. The molecule has 0 atom stereocenters. The standard InChI is InChI=1S/C21H24BrNO2/c1-21(2,14-17-7-10-18(22)11-8-17)15-23-20(24)12-9-16-5-4-6-19(13-16)25-3/h4-13H,14-15H2,1-3H3,(H,23,24)/b12-9+. The number of nitrogens with one attached hydrogen (secondary N) is 1. The van der Waals surface area contributed by atoms with Gasteiger partial charge in [0.1, 0.15) is 5.75 Å². The number of halogens is 1. The topological polar surface area (TPSA) is 38.3 Å². The van der Waals surface area contributed by atoms with E-state index in [-0.39, 0.29) is 11.3 Å². The highest BCUT2D eigenvalue weighted by atomic mass is 79.9. The first-order valence-electron chi connectivity index (χ1n) is 8.22. The number of methoxy groups -OCH3 is 1. The van der Waals surface area contributed by atoms with Crippen molar-refractivity contribution in [1.29, 1.82) is 0 Å². The average molecular weight is 402 g/mol. The first-order valence-corrected chi connectivity index (χ1v) is 9.02. The van der Waals surface area contributed by atoms with E-state index in [0.717, 1.165) is 22.2 Å². The Hall–Kier alpha value is -2.07. The third-order valence-corrected chi connectivity index (χ3v) is 4.39. The first kappa shape index (κ1) is 19.3. The van der Waals surface area contributed by atoms with Gasteiger partial charge in [0.15, 0.2) is 0 Å². The van der Waals surface area contributed by atoms with Gasteiger partial charge in [-0.2, -0.15) is 0 Å². The summed E-state index contributed by atoms with van der Waals surface area (Å²) < 4.78 is 6.25. The lowest BCUT2D eigenvalue weighted by Gasteiger charge is -2.25. The average Bonchev–Trinajstić information content (AvgIpc) is 2.60. The Morgan fingerprint density at radius 3 is 2.60 bits per heavy atom. The maximum absolute atomic E-state index is 12.1. The summed E-state index contributed by atoms with van der Waals surface area (Å²) >= 11 is 3.45. The number of carbonyl (C=O) groups is 1. The molecule has 4 heteroatoms. The van der Waals surface area contributed by atoms with E-state index < -0.39 is 0 Å². The molecule has 0 fully saturated rings. The zero-order valence-corrected chi connectivity index (χ0v) is 16.5. The van der Waals surface area contributed by atoms with Crippen LogP contribution in [0.4, 0.5) is 0 Å². The third kappa shape index (κ3) is 6.75. The van der Waals surface area contributed by atoms with Gasteiger partial charge in [-0.25, -0.2) is 0 Å². The summed E-state index contributed by atoms with van der Waals surface area (Å²) in [7, 11) is 1.63. The first-order chi connectivity index (χ1) is 11.9. The molecule has 2 aromatic rings. The van der Waals surface area contributed by atoms with Gasteiger partial charge in [-0.3, -0.25) is 4.79 Å². The minimum Gasteiger partial charge on any atom is -0.497 e. The predicted octanol–water partition coefficient (Wildman–Crippen LogP) is 4.86. The summed E-state index contributed by atoms with van der Waals surface area (Å²) in [6, 6.07) is 15.9. The molecule has 0 aliphatic carbocycles. The minimum atomic E-state index is -0.0910. The van der Waals surface area contributed by atoms with Crippen molar-refractivity contribution in [1.82, 2.24) is 5.32 Å². The van der Waals surface area contributed by atoms with Crippen LogP contribution in [0.5, 0.6) is 5.75 Å². The van der Waals surface area contributed by atoms with Crippen LogP contribution >= 0.6 is 15.9 Å². The van der Waals surface area contributed by atoms with Crippen LogP contribution in [0.3, 0.4) is 0 Å². The van der Waals surface area contributed by atoms with Crippen molar-refractivity contribution in [3.63, 3.8) is 0 Å². The second-order valence-electron chi connectivity index (χ2n) is 6.80. The van der Waals surface area contributed by atoms with Crippen molar-refractivity contribution in [2.24, 2.45) is 5.41 Å². The molecule has 0 unspecified atom stereocenters. The number of ether oxygens (including phenoxy) is 1. The van der Waals surface area contributed by atoms with Crippen molar-refractivity contribution in [3.8, 4) is 5.75 Å². The molecule has 0 aliphatic heterocycles. The maximum atomic E-state index is 12.1. The van der Waals surface area contributed by atoms with E-state index in [1.54, 1.807) is 19.3 Å². The van der Waals surface area contributed by atoms with Crippen LogP contribution in [0.25, 0.3) is 6.08 Å². The Bertz CT molecular complexity index is 736. The SMILES string of the molecule is COc1cccc(/C=C/C(=O)NCC(C)(C)Cc2ccc(Br)cc2)c1. The molecule has 0 saturated heterocycles. The predicted molar refractivity (Wildman–Crippen MR) is 107 cm³/mol. The largest absolute Gasteiger partial charge is 0.497 e. The monoisotopic (exact) mass is 401 g/mol. The van der Waals surface area contributed by atoms with Gasteiger partial charge in [0.25, 0.3) is 0 Å². The smallest absolute Gasteiger partial charge is 0.244 e. The molecule has 0 aliphatic rings. The van der Waals surface area contributed by atoms with E-state index in [1.807, 2.05) is 36.4 Å². The molecular weight excluding hydrogens is 378 g/mol. The molecule has 2 aromatic carbocycles. The zero-order chi connectivity index (χ0) is 18.3. The van der Waals surface area contributed by atoms with Crippen LogP contribution < -0.4 is 10.1 Å². The Labute approximate surface area is 158 Å². The maximum Gasteiger partial charge on any atom is 0.244 e. The van der Waals surface area contributed by atoms with E-state index >= 15 is 0 Å². The summed E-state index contributed by atoms with van der Waals surface area (Å²) in [5.74, 6) is 0.685. The second kappa shape index (κ2) is 8.86. The fourth-order valence-electron chi connectivity index (χ4n) is 2.52. The fraction of sp³-hybridized carbons (Fsp3) is 0.286.